The minimum absolute atomic E-state index is 0.649. The van der Waals surface area contributed by atoms with Crippen LogP contribution in [0.4, 0.5) is 0 Å². The highest BCUT2D eigenvalue weighted by atomic mass is 16.5. The molecule has 0 aliphatic heterocycles. The van der Waals surface area contributed by atoms with E-state index >= 15 is 0 Å². The summed E-state index contributed by atoms with van der Waals surface area (Å²) < 4.78 is 5.99. The first-order valence-electron chi connectivity index (χ1n) is 8.08. The zero-order valence-electron chi connectivity index (χ0n) is 14.3. The van der Waals surface area contributed by atoms with E-state index in [0.29, 0.717) is 5.92 Å². The molecule has 1 N–H and O–H groups in total. The number of ether oxygens (including phenoxy) is 1. The third-order valence-corrected chi connectivity index (χ3v) is 3.51. The molecule has 0 spiro atoms. The maximum absolute atomic E-state index is 5.99. The molecule has 1 aromatic rings. The summed E-state index contributed by atoms with van der Waals surface area (Å²) in [4.78, 5) is 6.75. The van der Waals surface area contributed by atoms with E-state index in [1.165, 1.54) is 0 Å². The Kier molecular flexibility index (Phi) is 8.31. The number of rotatable bonds is 10. The third kappa shape index (κ3) is 6.91. The van der Waals surface area contributed by atoms with Crippen LogP contribution in [-0.2, 0) is 6.54 Å². The fourth-order valence-corrected chi connectivity index (χ4v) is 2.15. The second-order valence-electron chi connectivity index (χ2n) is 5.83. The first-order valence-corrected chi connectivity index (χ1v) is 8.08. The number of nitrogens with zero attached hydrogens (tertiary/aromatic N) is 2. The van der Waals surface area contributed by atoms with Gasteiger partial charge in [-0.2, -0.15) is 0 Å². The maximum Gasteiger partial charge on any atom is 0.127 e. The summed E-state index contributed by atoms with van der Waals surface area (Å²) in [5.41, 5.74) is 2.14. The molecule has 0 unspecified atom stereocenters. The van der Waals surface area contributed by atoms with Crippen LogP contribution in [0.5, 0.6) is 5.75 Å². The molecule has 0 saturated carbocycles. The zero-order valence-corrected chi connectivity index (χ0v) is 14.3. The van der Waals surface area contributed by atoms with Gasteiger partial charge in [0, 0.05) is 36.6 Å². The van der Waals surface area contributed by atoms with Crippen LogP contribution in [0.3, 0.4) is 0 Å². The Labute approximate surface area is 129 Å². The highest BCUT2D eigenvalue weighted by molar-refractivity contribution is 5.32. The SMILES string of the molecule is CCN(CC)CCOc1cc(C)ncc1CNCC(C)C. The number of nitrogens with one attached hydrogen (secondary N) is 1. The summed E-state index contributed by atoms with van der Waals surface area (Å²) in [5, 5.41) is 3.45. The summed E-state index contributed by atoms with van der Waals surface area (Å²) in [6.45, 7) is 16.4. The van der Waals surface area contributed by atoms with Crippen LogP contribution in [0.15, 0.2) is 12.3 Å². The van der Waals surface area contributed by atoms with Gasteiger partial charge in [0.05, 0.1) is 0 Å². The van der Waals surface area contributed by atoms with Gasteiger partial charge in [0.25, 0.3) is 0 Å². The average Bonchev–Trinajstić information content (AvgIpc) is 2.45. The Hall–Kier alpha value is -1.13. The van der Waals surface area contributed by atoms with Gasteiger partial charge in [-0.3, -0.25) is 4.98 Å². The minimum atomic E-state index is 0.649. The monoisotopic (exact) mass is 293 g/mol. The Morgan fingerprint density at radius 1 is 1.29 bits per heavy atom. The highest BCUT2D eigenvalue weighted by Crippen LogP contribution is 2.18. The van der Waals surface area contributed by atoms with Crippen LogP contribution in [0, 0.1) is 12.8 Å². The molecule has 21 heavy (non-hydrogen) atoms. The molecule has 0 aliphatic carbocycles. The molecule has 0 aliphatic rings. The summed E-state index contributed by atoms with van der Waals surface area (Å²) in [6, 6.07) is 2.04. The second kappa shape index (κ2) is 9.74. The Morgan fingerprint density at radius 3 is 2.62 bits per heavy atom. The lowest BCUT2D eigenvalue weighted by Crippen LogP contribution is -2.28. The molecule has 1 rings (SSSR count). The molecule has 0 radical (unpaired) electrons. The number of hydrogen-bond donors (Lipinski definition) is 1. The van der Waals surface area contributed by atoms with Crippen molar-refractivity contribution in [2.75, 3.05) is 32.8 Å². The van der Waals surface area contributed by atoms with Gasteiger partial charge in [0.2, 0.25) is 0 Å². The van der Waals surface area contributed by atoms with E-state index < -0.39 is 0 Å². The molecule has 1 heterocycles. The van der Waals surface area contributed by atoms with Gasteiger partial charge in [-0.05, 0) is 32.5 Å². The van der Waals surface area contributed by atoms with Crippen molar-refractivity contribution >= 4 is 0 Å². The molecule has 0 aromatic carbocycles. The number of hydrogen-bond acceptors (Lipinski definition) is 4. The van der Waals surface area contributed by atoms with Crippen LogP contribution in [0.1, 0.15) is 39.0 Å². The van der Waals surface area contributed by atoms with Crippen LogP contribution < -0.4 is 10.1 Å². The summed E-state index contributed by atoms with van der Waals surface area (Å²) in [7, 11) is 0. The number of likely N-dealkylation sites (N-methyl/N-ethyl adjacent to an activating group) is 1. The standard InChI is InChI=1S/C17H31N3O/c1-6-20(7-2)8-9-21-17-10-15(5)19-13-16(17)12-18-11-14(3)4/h10,13-14,18H,6-9,11-12H2,1-5H3. The molecule has 0 bridgehead atoms. The van der Waals surface area contributed by atoms with Crippen molar-refractivity contribution in [3.63, 3.8) is 0 Å². The number of aromatic nitrogens is 1. The topological polar surface area (TPSA) is 37.4 Å². The van der Waals surface area contributed by atoms with Crippen molar-refractivity contribution in [1.82, 2.24) is 15.2 Å². The quantitative estimate of drug-likeness (QED) is 0.720. The Bertz CT molecular complexity index is 403. The van der Waals surface area contributed by atoms with Crippen molar-refractivity contribution in [1.29, 1.82) is 0 Å². The van der Waals surface area contributed by atoms with Crippen molar-refractivity contribution in [2.45, 2.75) is 41.2 Å². The lowest BCUT2D eigenvalue weighted by Gasteiger charge is -2.19. The molecule has 0 amide bonds. The summed E-state index contributed by atoms with van der Waals surface area (Å²) in [5.74, 6) is 1.61. The maximum atomic E-state index is 5.99. The second-order valence-corrected chi connectivity index (χ2v) is 5.83. The molecule has 0 fully saturated rings. The van der Waals surface area contributed by atoms with E-state index in [2.05, 4.69) is 42.9 Å². The largest absolute Gasteiger partial charge is 0.492 e. The van der Waals surface area contributed by atoms with Crippen LogP contribution in [0.2, 0.25) is 0 Å². The fourth-order valence-electron chi connectivity index (χ4n) is 2.15. The van der Waals surface area contributed by atoms with Crippen LogP contribution in [-0.4, -0.2) is 42.7 Å². The van der Waals surface area contributed by atoms with Crippen LogP contribution in [0.25, 0.3) is 0 Å². The zero-order chi connectivity index (χ0) is 15.7. The van der Waals surface area contributed by atoms with Gasteiger partial charge in [-0.25, -0.2) is 0 Å². The van der Waals surface area contributed by atoms with Gasteiger partial charge < -0.3 is 15.0 Å². The summed E-state index contributed by atoms with van der Waals surface area (Å²) in [6.07, 6.45) is 1.93. The predicted molar refractivity (Wildman–Crippen MR) is 88.8 cm³/mol. The lowest BCUT2D eigenvalue weighted by molar-refractivity contribution is 0.221. The average molecular weight is 293 g/mol. The van der Waals surface area contributed by atoms with Gasteiger partial charge in [0.15, 0.2) is 0 Å². The molecule has 120 valence electrons. The third-order valence-electron chi connectivity index (χ3n) is 3.51. The van der Waals surface area contributed by atoms with E-state index in [1.807, 2.05) is 19.2 Å². The predicted octanol–water partition coefficient (Wildman–Crippen LogP) is 2.86. The molecule has 4 nitrogen and oxygen atoms in total. The van der Waals surface area contributed by atoms with Gasteiger partial charge >= 0.3 is 0 Å². The molecule has 4 heteroatoms. The minimum Gasteiger partial charge on any atom is -0.492 e. The number of pyridine rings is 1. The number of aryl methyl sites for hydroxylation is 1. The van der Waals surface area contributed by atoms with E-state index in [-0.39, 0.29) is 0 Å². The van der Waals surface area contributed by atoms with Crippen molar-refractivity contribution in [2.24, 2.45) is 5.92 Å². The van der Waals surface area contributed by atoms with Crippen molar-refractivity contribution in [3.05, 3.63) is 23.5 Å². The molecular formula is C17H31N3O. The van der Waals surface area contributed by atoms with Crippen molar-refractivity contribution in [3.8, 4) is 5.75 Å². The lowest BCUT2D eigenvalue weighted by atomic mass is 10.2. The van der Waals surface area contributed by atoms with Crippen molar-refractivity contribution < 1.29 is 4.74 Å². The van der Waals surface area contributed by atoms with E-state index in [4.69, 9.17) is 4.74 Å². The smallest absolute Gasteiger partial charge is 0.127 e. The Balaban J connectivity index is 2.55. The van der Waals surface area contributed by atoms with Crippen LogP contribution >= 0.6 is 0 Å². The van der Waals surface area contributed by atoms with Gasteiger partial charge in [0.1, 0.15) is 12.4 Å². The highest BCUT2D eigenvalue weighted by Gasteiger charge is 2.07. The fraction of sp³-hybridized carbons (Fsp3) is 0.706. The van der Waals surface area contributed by atoms with Gasteiger partial charge in [-0.15, -0.1) is 0 Å². The molecule has 1 aromatic heterocycles. The first-order chi connectivity index (χ1) is 10.1. The first kappa shape index (κ1) is 17.9. The molecule has 0 saturated heterocycles. The Morgan fingerprint density at radius 2 is 2.00 bits per heavy atom. The van der Waals surface area contributed by atoms with Gasteiger partial charge in [-0.1, -0.05) is 27.7 Å². The molecule has 0 atom stereocenters. The normalized spacial score (nSPS) is 11.4. The molecular weight excluding hydrogens is 262 g/mol. The van der Waals surface area contributed by atoms with E-state index in [1.54, 1.807) is 0 Å². The van der Waals surface area contributed by atoms with E-state index in [9.17, 15) is 0 Å². The van der Waals surface area contributed by atoms with E-state index in [0.717, 1.165) is 56.3 Å². The summed E-state index contributed by atoms with van der Waals surface area (Å²) >= 11 is 0.